The molecule has 0 N–H and O–H groups in total. The lowest BCUT2D eigenvalue weighted by molar-refractivity contribution is -0.140. The lowest BCUT2D eigenvalue weighted by Gasteiger charge is -2.15. The monoisotopic (exact) mass is 405 g/mol. The van der Waals surface area contributed by atoms with Crippen molar-refractivity contribution >= 4 is 29.3 Å². The zero-order valence-corrected chi connectivity index (χ0v) is 16.3. The van der Waals surface area contributed by atoms with Gasteiger partial charge in [-0.1, -0.05) is 54.6 Å². The van der Waals surface area contributed by atoms with Crippen molar-refractivity contribution in [3.8, 4) is 17.1 Å². The molecule has 1 aromatic heterocycles. The molecule has 8 heteroatoms. The summed E-state index contributed by atoms with van der Waals surface area (Å²) in [4.78, 5) is 12.0. The summed E-state index contributed by atoms with van der Waals surface area (Å²) < 4.78 is 21.0. The van der Waals surface area contributed by atoms with Crippen molar-refractivity contribution in [2.45, 2.75) is 23.8 Å². The molecule has 140 valence electrons. The lowest BCUT2D eigenvalue weighted by Crippen LogP contribution is -2.18. The predicted octanol–water partition coefficient (Wildman–Crippen LogP) is 4.77. The average molecular weight is 406 g/mol. The molecule has 0 unspecified atom stereocenters. The van der Waals surface area contributed by atoms with Gasteiger partial charge in [0.25, 0.3) is 0 Å². The Hall–Kier alpha value is -2.38. The molecule has 0 fully saturated rings. The van der Waals surface area contributed by atoms with E-state index >= 15 is 0 Å². The first kappa shape index (κ1) is 19.4. The number of hydrogen-bond donors (Lipinski definition) is 0. The molecule has 0 aliphatic carbocycles. The number of halogens is 2. The number of benzene rings is 2. The fourth-order valence-electron chi connectivity index (χ4n) is 2.57. The normalized spacial score (nSPS) is 12.0. The van der Waals surface area contributed by atoms with Gasteiger partial charge in [-0.3, -0.25) is 9.36 Å². The summed E-state index contributed by atoms with van der Waals surface area (Å²) in [6.45, 7) is 1.87. The number of para-hydroxylation sites is 1. The molecular formula is C19H17ClFN3O2S. The molecule has 5 nitrogen and oxygen atoms in total. The highest BCUT2D eigenvalue weighted by molar-refractivity contribution is 8.00. The Kier molecular flexibility index (Phi) is 6.13. The topological polar surface area (TPSA) is 57.0 Å². The van der Waals surface area contributed by atoms with Crippen LogP contribution < -0.4 is 0 Å². The maximum atomic E-state index is 14.6. The van der Waals surface area contributed by atoms with Crippen LogP contribution in [0, 0.1) is 5.82 Å². The highest BCUT2D eigenvalue weighted by Gasteiger charge is 2.25. The summed E-state index contributed by atoms with van der Waals surface area (Å²) >= 11 is 7.50. The molecule has 0 aliphatic heterocycles. The molecule has 0 saturated heterocycles. The van der Waals surface area contributed by atoms with Gasteiger partial charge in [-0.25, -0.2) is 4.39 Å². The first-order valence-electron chi connectivity index (χ1n) is 8.26. The smallest absolute Gasteiger partial charge is 0.319 e. The van der Waals surface area contributed by atoms with E-state index in [1.807, 2.05) is 13.0 Å². The SMILES string of the molecule is CC[C@H](Sc1nnc(-c2ccccc2Cl)n1-c1ccccc1F)C(=O)OC. The van der Waals surface area contributed by atoms with Crippen LogP contribution in [0.15, 0.2) is 53.7 Å². The average Bonchev–Trinajstić information content (AvgIpc) is 3.09. The van der Waals surface area contributed by atoms with Crippen molar-refractivity contribution in [3.63, 3.8) is 0 Å². The van der Waals surface area contributed by atoms with Gasteiger partial charge in [-0.2, -0.15) is 0 Å². The van der Waals surface area contributed by atoms with E-state index in [1.54, 1.807) is 41.0 Å². The maximum absolute atomic E-state index is 14.6. The maximum Gasteiger partial charge on any atom is 0.319 e. The Morgan fingerprint density at radius 2 is 1.93 bits per heavy atom. The molecule has 0 aliphatic rings. The van der Waals surface area contributed by atoms with Crippen LogP contribution in [-0.2, 0) is 9.53 Å². The van der Waals surface area contributed by atoms with Crippen LogP contribution in [0.1, 0.15) is 13.3 Å². The molecule has 2 aromatic carbocycles. The number of nitrogens with zero attached hydrogens (tertiary/aromatic N) is 3. The van der Waals surface area contributed by atoms with E-state index in [1.165, 1.54) is 24.9 Å². The number of hydrogen-bond acceptors (Lipinski definition) is 5. The molecule has 3 aromatic rings. The van der Waals surface area contributed by atoms with E-state index in [4.69, 9.17) is 16.3 Å². The standard InChI is InChI=1S/C19H17ClFN3O2S/c1-3-16(18(25)26-2)27-19-23-22-17(12-8-4-5-9-13(12)20)24(19)15-11-7-6-10-14(15)21/h4-11,16H,3H2,1-2H3/t16-/m0/s1. The van der Waals surface area contributed by atoms with Crippen molar-refractivity contribution in [2.24, 2.45) is 0 Å². The van der Waals surface area contributed by atoms with Gasteiger partial charge in [0, 0.05) is 5.56 Å². The summed E-state index contributed by atoms with van der Waals surface area (Å²) in [7, 11) is 1.34. The third kappa shape index (κ3) is 3.99. The Labute approximate surface area is 165 Å². The number of aromatic nitrogens is 3. The molecule has 1 heterocycles. The molecule has 3 rings (SSSR count). The van der Waals surface area contributed by atoms with Crippen LogP contribution in [0.25, 0.3) is 17.1 Å². The van der Waals surface area contributed by atoms with Crippen molar-refractivity contribution in [1.82, 2.24) is 14.8 Å². The Bertz CT molecular complexity index is 964. The van der Waals surface area contributed by atoms with E-state index < -0.39 is 11.1 Å². The highest BCUT2D eigenvalue weighted by Crippen LogP contribution is 2.34. The second-order valence-electron chi connectivity index (χ2n) is 5.61. The molecule has 0 spiro atoms. The summed E-state index contributed by atoms with van der Waals surface area (Å²) in [6, 6.07) is 13.5. The first-order valence-corrected chi connectivity index (χ1v) is 9.52. The fourth-order valence-corrected chi connectivity index (χ4v) is 3.78. The summed E-state index contributed by atoms with van der Waals surface area (Å²) in [6.07, 6.45) is 0.531. The highest BCUT2D eigenvalue weighted by atomic mass is 35.5. The molecule has 27 heavy (non-hydrogen) atoms. The zero-order chi connectivity index (χ0) is 19.4. The van der Waals surface area contributed by atoms with Gasteiger partial charge in [0.1, 0.15) is 11.1 Å². The van der Waals surface area contributed by atoms with Gasteiger partial charge < -0.3 is 4.74 Å². The Morgan fingerprint density at radius 3 is 2.59 bits per heavy atom. The minimum Gasteiger partial charge on any atom is -0.468 e. The molecule has 0 amide bonds. The van der Waals surface area contributed by atoms with Crippen LogP contribution in [0.2, 0.25) is 5.02 Å². The van der Waals surface area contributed by atoms with Crippen LogP contribution >= 0.6 is 23.4 Å². The summed E-state index contributed by atoms with van der Waals surface area (Å²) in [5, 5.41) is 8.80. The number of ether oxygens (including phenoxy) is 1. The molecule has 0 bridgehead atoms. The van der Waals surface area contributed by atoms with Crippen LogP contribution in [-0.4, -0.2) is 33.1 Å². The summed E-state index contributed by atoms with van der Waals surface area (Å²) in [5.41, 5.74) is 0.896. The van der Waals surface area contributed by atoms with Gasteiger partial charge in [-0.15, -0.1) is 10.2 Å². The second-order valence-corrected chi connectivity index (χ2v) is 7.19. The minimum atomic E-state index is -0.483. The first-order chi connectivity index (χ1) is 13.1. The van der Waals surface area contributed by atoms with E-state index in [-0.39, 0.29) is 11.7 Å². The third-order valence-corrected chi connectivity index (χ3v) is 5.54. The van der Waals surface area contributed by atoms with E-state index in [0.717, 1.165) is 0 Å². The quantitative estimate of drug-likeness (QED) is 0.436. The van der Waals surface area contributed by atoms with Crippen LogP contribution in [0.4, 0.5) is 4.39 Å². The Morgan fingerprint density at radius 1 is 1.22 bits per heavy atom. The van der Waals surface area contributed by atoms with Gasteiger partial charge in [0.15, 0.2) is 11.0 Å². The zero-order valence-electron chi connectivity index (χ0n) is 14.7. The van der Waals surface area contributed by atoms with Crippen molar-refractivity contribution in [3.05, 3.63) is 59.4 Å². The van der Waals surface area contributed by atoms with Gasteiger partial charge in [0.05, 0.1) is 17.8 Å². The van der Waals surface area contributed by atoms with Crippen LogP contribution in [0.3, 0.4) is 0 Å². The fraction of sp³-hybridized carbons (Fsp3) is 0.211. The third-order valence-electron chi connectivity index (χ3n) is 3.92. The molecule has 0 radical (unpaired) electrons. The van der Waals surface area contributed by atoms with E-state index in [0.29, 0.717) is 28.0 Å². The molecular weight excluding hydrogens is 389 g/mol. The number of thioether (sulfide) groups is 1. The predicted molar refractivity (Wildman–Crippen MR) is 104 cm³/mol. The molecule has 0 saturated carbocycles. The van der Waals surface area contributed by atoms with Gasteiger partial charge in [-0.05, 0) is 30.7 Å². The van der Waals surface area contributed by atoms with Crippen molar-refractivity contribution < 1.29 is 13.9 Å². The number of carbonyl (C=O) groups is 1. The van der Waals surface area contributed by atoms with Crippen LogP contribution in [0.5, 0.6) is 0 Å². The number of methoxy groups -OCH3 is 1. The Balaban J connectivity index is 2.17. The van der Waals surface area contributed by atoms with E-state index in [2.05, 4.69) is 10.2 Å². The number of carbonyl (C=O) groups excluding carboxylic acids is 1. The summed E-state index contributed by atoms with van der Waals surface area (Å²) in [5.74, 6) is -0.406. The van der Waals surface area contributed by atoms with Crippen molar-refractivity contribution in [1.29, 1.82) is 0 Å². The van der Waals surface area contributed by atoms with E-state index in [9.17, 15) is 9.18 Å². The largest absolute Gasteiger partial charge is 0.468 e. The van der Waals surface area contributed by atoms with Gasteiger partial charge in [0.2, 0.25) is 0 Å². The molecule has 1 atom stereocenters. The minimum absolute atomic E-state index is 0.277. The number of rotatable bonds is 6. The number of esters is 1. The van der Waals surface area contributed by atoms with Gasteiger partial charge >= 0.3 is 5.97 Å². The van der Waals surface area contributed by atoms with Crippen molar-refractivity contribution in [2.75, 3.05) is 7.11 Å². The lowest BCUT2D eigenvalue weighted by atomic mass is 10.2. The second kappa shape index (κ2) is 8.54.